The number of rotatable bonds is 12. The van der Waals surface area contributed by atoms with Crippen LogP contribution in [0.2, 0.25) is 0 Å². The maximum atomic E-state index is 12.6. The van der Waals surface area contributed by atoms with E-state index < -0.39 is 11.2 Å². The van der Waals surface area contributed by atoms with Crippen molar-refractivity contribution in [3.8, 4) is 0 Å². The molecule has 1 atom stereocenters. The largest absolute Gasteiger partial charge is 0.444 e. The smallest absolute Gasteiger partial charge is 0.410 e. The molecule has 0 radical (unpaired) electrons. The van der Waals surface area contributed by atoms with Crippen molar-refractivity contribution in [2.24, 2.45) is 11.8 Å². The Bertz CT molecular complexity index is 1270. The number of hydrogen-bond donors (Lipinski definition) is 4. The predicted molar refractivity (Wildman–Crippen MR) is 195 cm³/mol. The standard InChI is InChI=1S/C32H54N8O6S3/c1-31(2,3)45-29(43)39-13-7-21(8-14-39)19-24(41)35-27(34)48-23(33)11-17-47-18-12-26-37-38-28(49-26)36-25(42)20-22-9-15-40(16-10-22)30(44)46-32(4,5)6/h21-23H,7-20,33H2,1-6H3,(H2,34,35,41)(H,36,38,42)/p+1. The lowest BCUT2D eigenvalue weighted by atomic mass is 9.93. The van der Waals surface area contributed by atoms with Crippen LogP contribution >= 0.6 is 34.9 Å². The number of quaternary nitrogens is 1. The summed E-state index contributed by atoms with van der Waals surface area (Å²) in [4.78, 5) is 53.0. The van der Waals surface area contributed by atoms with Gasteiger partial charge in [-0.15, -0.1) is 10.2 Å². The van der Waals surface area contributed by atoms with Gasteiger partial charge in [-0.3, -0.25) is 15.0 Å². The van der Waals surface area contributed by atoms with Crippen LogP contribution in [0.3, 0.4) is 0 Å². The average molecular weight is 744 g/mol. The van der Waals surface area contributed by atoms with Gasteiger partial charge in [0.25, 0.3) is 0 Å². The van der Waals surface area contributed by atoms with E-state index in [1.807, 2.05) is 41.5 Å². The third kappa shape index (κ3) is 16.3. The maximum absolute atomic E-state index is 12.6. The summed E-state index contributed by atoms with van der Waals surface area (Å²) in [6.45, 7) is 13.4. The molecule has 0 aliphatic carbocycles. The van der Waals surface area contributed by atoms with E-state index >= 15 is 0 Å². The molecule has 17 heteroatoms. The van der Waals surface area contributed by atoms with Crippen molar-refractivity contribution in [2.75, 3.05) is 43.0 Å². The van der Waals surface area contributed by atoms with Gasteiger partial charge in [0.1, 0.15) is 21.6 Å². The molecule has 2 fully saturated rings. The lowest BCUT2D eigenvalue weighted by Crippen LogP contribution is -2.60. The number of nitrogens with zero attached hydrogens (tertiary/aromatic N) is 4. The maximum Gasteiger partial charge on any atom is 0.410 e. The van der Waals surface area contributed by atoms with Gasteiger partial charge >= 0.3 is 12.2 Å². The highest BCUT2D eigenvalue weighted by Crippen LogP contribution is 2.25. The van der Waals surface area contributed by atoms with Crippen molar-refractivity contribution in [3.63, 3.8) is 0 Å². The van der Waals surface area contributed by atoms with Gasteiger partial charge in [-0.1, -0.05) is 11.3 Å². The molecule has 276 valence electrons. The number of carbonyl (C=O) groups excluding carboxylic acids is 4. The number of anilines is 1. The number of aryl methyl sites for hydroxylation is 1. The van der Waals surface area contributed by atoms with Gasteiger partial charge < -0.3 is 35.6 Å². The van der Waals surface area contributed by atoms with E-state index in [1.165, 1.54) is 23.1 Å². The Labute approximate surface area is 302 Å². The predicted octanol–water partition coefficient (Wildman–Crippen LogP) is 4.57. The zero-order chi connectivity index (χ0) is 36.2. The number of aromatic nitrogens is 2. The summed E-state index contributed by atoms with van der Waals surface area (Å²) < 4.78 is 10.9. The van der Waals surface area contributed by atoms with Crippen LogP contribution in [-0.2, 0) is 25.5 Å². The Hall–Kier alpha value is -2.63. The van der Waals surface area contributed by atoms with Crippen molar-refractivity contribution in [3.05, 3.63) is 5.01 Å². The molecule has 1 aromatic rings. The molecule has 3 rings (SSSR count). The van der Waals surface area contributed by atoms with Gasteiger partial charge in [0, 0.05) is 51.9 Å². The van der Waals surface area contributed by atoms with Crippen molar-refractivity contribution in [1.82, 2.24) is 25.3 Å². The first kappa shape index (κ1) is 40.8. The normalized spacial score (nSPS) is 17.0. The van der Waals surface area contributed by atoms with Crippen LogP contribution < -0.4 is 16.4 Å². The topological polar surface area (TPSA) is 195 Å². The van der Waals surface area contributed by atoms with E-state index in [0.29, 0.717) is 44.2 Å². The van der Waals surface area contributed by atoms with E-state index in [9.17, 15) is 19.2 Å². The van der Waals surface area contributed by atoms with Crippen molar-refractivity contribution < 1.29 is 34.4 Å². The minimum Gasteiger partial charge on any atom is -0.444 e. The molecule has 4 amide bonds. The van der Waals surface area contributed by atoms with Crippen LogP contribution in [0.25, 0.3) is 0 Å². The van der Waals surface area contributed by atoms with Crippen LogP contribution in [0.4, 0.5) is 14.7 Å². The number of ether oxygens (including phenoxy) is 2. The summed E-state index contributed by atoms with van der Waals surface area (Å²) in [6, 6.07) is 0. The van der Waals surface area contributed by atoms with Crippen LogP contribution in [0, 0.1) is 17.2 Å². The summed E-state index contributed by atoms with van der Waals surface area (Å²) >= 11 is 4.40. The van der Waals surface area contributed by atoms with Gasteiger partial charge in [0.2, 0.25) is 16.9 Å². The van der Waals surface area contributed by atoms with E-state index in [0.717, 1.165) is 55.0 Å². The molecule has 49 heavy (non-hydrogen) atoms. The van der Waals surface area contributed by atoms with E-state index in [-0.39, 0.29) is 46.4 Å². The lowest BCUT2D eigenvalue weighted by Gasteiger charge is -2.33. The van der Waals surface area contributed by atoms with Crippen molar-refractivity contribution in [2.45, 2.75) is 109 Å². The Balaban J connectivity index is 1.22. The molecular weight excluding hydrogens is 689 g/mol. The van der Waals surface area contributed by atoms with Crippen LogP contribution in [0.15, 0.2) is 0 Å². The third-order valence-electron chi connectivity index (χ3n) is 7.78. The number of hydrogen-bond acceptors (Lipinski definition) is 12. The third-order valence-corrected chi connectivity index (χ3v) is 10.6. The summed E-state index contributed by atoms with van der Waals surface area (Å²) in [6.07, 6.45) is 4.59. The lowest BCUT2D eigenvalue weighted by molar-refractivity contribution is -0.385. The number of piperidine rings is 2. The Morgan fingerprint density at radius 1 is 0.878 bits per heavy atom. The molecule has 2 aliphatic rings. The Morgan fingerprint density at radius 3 is 1.90 bits per heavy atom. The van der Waals surface area contributed by atoms with Gasteiger partial charge in [0.15, 0.2) is 5.17 Å². The fraction of sp³-hybridized carbons (Fsp3) is 0.781. The zero-order valence-corrected chi connectivity index (χ0v) is 32.3. The average Bonchev–Trinajstić information content (AvgIpc) is 3.42. The number of amidine groups is 1. The highest BCUT2D eigenvalue weighted by atomic mass is 32.2. The first-order valence-corrected chi connectivity index (χ1v) is 19.8. The number of thioether (sulfide) groups is 2. The molecule has 6 N–H and O–H groups in total. The highest BCUT2D eigenvalue weighted by molar-refractivity contribution is 8.14. The number of nitrogens with one attached hydrogen (secondary N) is 3. The fourth-order valence-corrected chi connectivity index (χ4v) is 8.07. The second-order valence-electron chi connectivity index (χ2n) is 14.5. The molecule has 0 aromatic carbocycles. The molecule has 3 heterocycles. The Morgan fingerprint density at radius 2 is 1.39 bits per heavy atom. The van der Waals surface area contributed by atoms with Crippen molar-refractivity contribution in [1.29, 1.82) is 5.41 Å². The van der Waals surface area contributed by atoms with Gasteiger partial charge in [-0.05, 0) is 102 Å². The molecule has 0 bridgehead atoms. The first-order valence-electron chi connectivity index (χ1n) is 17.0. The second-order valence-corrected chi connectivity index (χ2v) is 18.1. The molecule has 0 saturated carbocycles. The minimum absolute atomic E-state index is 0.0646. The number of likely N-dealkylation sites (tertiary alicyclic amines) is 2. The molecule has 0 spiro atoms. The molecule has 2 saturated heterocycles. The molecular formula is C32H55N8O6S3+. The van der Waals surface area contributed by atoms with Gasteiger partial charge in [0.05, 0.1) is 0 Å². The first-order chi connectivity index (χ1) is 23.0. The molecule has 1 unspecified atom stereocenters. The minimum atomic E-state index is -0.531. The molecule has 1 aromatic heterocycles. The number of amides is 4. The van der Waals surface area contributed by atoms with Crippen LogP contribution in [0.1, 0.15) is 91.5 Å². The summed E-state index contributed by atoms with van der Waals surface area (Å²) in [7, 11) is 0. The van der Waals surface area contributed by atoms with Crippen LogP contribution in [-0.4, -0.2) is 103 Å². The molecule has 14 nitrogen and oxygen atoms in total. The van der Waals surface area contributed by atoms with Gasteiger partial charge in [-0.25, -0.2) is 9.59 Å². The quantitative estimate of drug-likeness (QED) is 0.102. The monoisotopic (exact) mass is 743 g/mol. The SMILES string of the molecule is CC(C)(C)OC(=O)N1CCC(CC(=O)NC(=N)SC([NH3+])CCSCCc2nnc(NC(=O)CC3CCN(C(=O)OC(C)(C)C)CC3)s2)CC1. The zero-order valence-electron chi connectivity index (χ0n) is 29.8. The van der Waals surface area contributed by atoms with E-state index in [4.69, 9.17) is 14.9 Å². The van der Waals surface area contributed by atoms with Gasteiger partial charge in [-0.2, -0.15) is 11.8 Å². The molecule has 2 aliphatic heterocycles. The van der Waals surface area contributed by atoms with Crippen molar-refractivity contribution >= 4 is 69.2 Å². The van der Waals surface area contributed by atoms with E-state index in [1.54, 1.807) is 21.6 Å². The fourth-order valence-electron chi connectivity index (χ4n) is 5.30. The van der Waals surface area contributed by atoms with E-state index in [2.05, 4.69) is 26.6 Å². The Kier molecular flexibility index (Phi) is 15.9. The van der Waals surface area contributed by atoms with Crippen LogP contribution in [0.5, 0.6) is 0 Å². The highest BCUT2D eigenvalue weighted by Gasteiger charge is 2.29. The summed E-state index contributed by atoms with van der Waals surface area (Å²) in [5.74, 6) is 1.81. The summed E-state index contributed by atoms with van der Waals surface area (Å²) in [5, 5.41) is 23.5. The second kappa shape index (κ2) is 19.1. The number of carbonyl (C=O) groups is 4. The summed E-state index contributed by atoms with van der Waals surface area (Å²) in [5.41, 5.74) is 3.07.